The van der Waals surface area contributed by atoms with Gasteiger partial charge < -0.3 is 9.73 Å². The third kappa shape index (κ3) is 4.31. The highest BCUT2D eigenvalue weighted by atomic mass is 35.5. The van der Waals surface area contributed by atoms with E-state index in [4.69, 9.17) is 16.0 Å². The van der Waals surface area contributed by atoms with E-state index in [0.29, 0.717) is 28.2 Å². The number of aryl methyl sites for hydroxylation is 2. The summed E-state index contributed by atoms with van der Waals surface area (Å²) in [5.74, 6) is 1.31. The van der Waals surface area contributed by atoms with Crippen LogP contribution in [0.2, 0.25) is 5.02 Å². The molecular weight excluding hydrogens is 396 g/mol. The SMILES string of the molecule is C=CCn1c(S[C@@H](C)C(=O)Nc2cc(Cl)ccc2C)nnc1-c1ccoc1C. The zero-order chi connectivity index (χ0) is 20.3. The fraction of sp³-hybridized carbons (Fsp3) is 0.250. The molecule has 0 unspecified atom stereocenters. The topological polar surface area (TPSA) is 73.0 Å². The van der Waals surface area contributed by atoms with E-state index in [1.54, 1.807) is 24.5 Å². The van der Waals surface area contributed by atoms with Crippen molar-refractivity contribution in [1.82, 2.24) is 14.8 Å². The highest BCUT2D eigenvalue weighted by molar-refractivity contribution is 8.00. The summed E-state index contributed by atoms with van der Waals surface area (Å²) in [6.07, 6.45) is 3.39. The molecule has 146 valence electrons. The quantitative estimate of drug-likeness (QED) is 0.427. The average molecular weight is 417 g/mol. The van der Waals surface area contributed by atoms with E-state index in [9.17, 15) is 4.79 Å². The minimum atomic E-state index is -0.385. The van der Waals surface area contributed by atoms with Gasteiger partial charge in [-0.2, -0.15) is 0 Å². The molecule has 3 aromatic rings. The summed E-state index contributed by atoms with van der Waals surface area (Å²) in [4.78, 5) is 12.7. The maximum atomic E-state index is 12.7. The minimum Gasteiger partial charge on any atom is -0.469 e. The monoisotopic (exact) mass is 416 g/mol. The number of carbonyl (C=O) groups excluding carboxylic acids is 1. The Bertz CT molecular complexity index is 1010. The first-order valence-corrected chi connectivity index (χ1v) is 9.98. The summed E-state index contributed by atoms with van der Waals surface area (Å²) < 4.78 is 7.30. The molecule has 0 saturated heterocycles. The van der Waals surface area contributed by atoms with Gasteiger partial charge in [0.15, 0.2) is 11.0 Å². The van der Waals surface area contributed by atoms with Crippen molar-refractivity contribution >= 4 is 35.0 Å². The van der Waals surface area contributed by atoms with E-state index in [2.05, 4.69) is 22.1 Å². The third-order valence-electron chi connectivity index (χ3n) is 4.24. The van der Waals surface area contributed by atoms with Crippen LogP contribution < -0.4 is 5.32 Å². The number of halogens is 1. The molecule has 3 rings (SSSR count). The van der Waals surface area contributed by atoms with Crippen molar-refractivity contribution in [2.24, 2.45) is 0 Å². The van der Waals surface area contributed by atoms with E-state index in [-0.39, 0.29) is 11.2 Å². The normalized spacial score (nSPS) is 12.0. The molecule has 1 atom stereocenters. The molecular formula is C20H21ClN4O2S. The molecule has 0 fully saturated rings. The molecule has 1 N–H and O–H groups in total. The van der Waals surface area contributed by atoms with E-state index in [1.165, 1.54) is 11.8 Å². The van der Waals surface area contributed by atoms with Crippen LogP contribution in [0.5, 0.6) is 0 Å². The smallest absolute Gasteiger partial charge is 0.237 e. The van der Waals surface area contributed by atoms with E-state index < -0.39 is 0 Å². The molecule has 0 saturated carbocycles. The molecule has 1 amide bonds. The van der Waals surface area contributed by atoms with Crippen molar-refractivity contribution in [3.63, 3.8) is 0 Å². The van der Waals surface area contributed by atoms with Gasteiger partial charge in [0.25, 0.3) is 0 Å². The van der Waals surface area contributed by atoms with E-state index in [0.717, 1.165) is 16.9 Å². The molecule has 0 aliphatic carbocycles. The Hall–Kier alpha value is -2.51. The Morgan fingerprint density at radius 2 is 2.18 bits per heavy atom. The molecule has 0 aliphatic heterocycles. The van der Waals surface area contributed by atoms with Gasteiger partial charge in [-0.3, -0.25) is 9.36 Å². The number of hydrogen-bond acceptors (Lipinski definition) is 5. The van der Waals surface area contributed by atoms with Crippen LogP contribution in [-0.4, -0.2) is 25.9 Å². The van der Waals surface area contributed by atoms with E-state index >= 15 is 0 Å². The zero-order valence-corrected chi connectivity index (χ0v) is 17.5. The lowest BCUT2D eigenvalue weighted by Gasteiger charge is -2.14. The number of rotatable bonds is 7. The van der Waals surface area contributed by atoms with Crippen molar-refractivity contribution in [3.8, 4) is 11.4 Å². The fourth-order valence-electron chi connectivity index (χ4n) is 2.66. The number of anilines is 1. The van der Waals surface area contributed by atoms with Gasteiger partial charge in [0.05, 0.1) is 17.1 Å². The van der Waals surface area contributed by atoms with Crippen LogP contribution >= 0.6 is 23.4 Å². The third-order valence-corrected chi connectivity index (χ3v) is 5.55. The van der Waals surface area contributed by atoms with Gasteiger partial charge in [0, 0.05) is 17.3 Å². The maximum Gasteiger partial charge on any atom is 0.237 e. The summed E-state index contributed by atoms with van der Waals surface area (Å²) >= 11 is 7.37. The first-order chi connectivity index (χ1) is 13.4. The van der Waals surface area contributed by atoms with Crippen LogP contribution in [0, 0.1) is 13.8 Å². The lowest BCUT2D eigenvalue weighted by Crippen LogP contribution is -2.23. The Labute approximate surface area is 173 Å². The maximum absolute atomic E-state index is 12.7. The molecule has 6 nitrogen and oxygen atoms in total. The number of furan rings is 1. The van der Waals surface area contributed by atoms with Crippen LogP contribution in [-0.2, 0) is 11.3 Å². The summed E-state index contributed by atoms with van der Waals surface area (Å²) in [5, 5.41) is 12.3. The Morgan fingerprint density at radius 1 is 1.39 bits per heavy atom. The van der Waals surface area contributed by atoms with Gasteiger partial charge in [-0.25, -0.2) is 0 Å². The van der Waals surface area contributed by atoms with Gasteiger partial charge in [-0.1, -0.05) is 35.5 Å². The van der Waals surface area contributed by atoms with Crippen molar-refractivity contribution in [2.75, 3.05) is 5.32 Å². The lowest BCUT2D eigenvalue weighted by atomic mass is 10.2. The number of allylic oxidation sites excluding steroid dienone is 1. The molecule has 0 spiro atoms. The molecule has 1 aromatic carbocycles. The largest absolute Gasteiger partial charge is 0.469 e. The number of carbonyl (C=O) groups is 1. The number of hydrogen-bond donors (Lipinski definition) is 1. The van der Waals surface area contributed by atoms with Crippen molar-refractivity contribution in [3.05, 3.63) is 59.5 Å². The lowest BCUT2D eigenvalue weighted by molar-refractivity contribution is -0.115. The number of nitrogens with one attached hydrogen (secondary N) is 1. The molecule has 28 heavy (non-hydrogen) atoms. The number of thioether (sulfide) groups is 1. The van der Waals surface area contributed by atoms with Gasteiger partial charge in [-0.05, 0) is 44.5 Å². The minimum absolute atomic E-state index is 0.135. The van der Waals surface area contributed by atoms with Gasteiger partial charge in [0.2, 0.25) is 5.91 Å². The molecule has 0 aliphatic rings. The first kappa shape index (κ1) is 20.2. The summed E-state index contributed by atoms with van der Waals surface area (Å²) in [6.45, 7) is 9.96. The van der Waals surface area contributed by atoms with Crippen LogP contribution in [0.4, 0.5) is 5.69 Å². The fourth-order valence-corrected chi connectivity index (χ4v) is 3.69. The van der Waals surface area contributed by atoms with Gasteiger partial charge >= 0.3 is 0 Å². The summed E-state index contributed by atoms with van der Waals surface area (Å²) in [5.41, 5.74) is 2.52. The molecule has 0 bridgehead atoms. The number of amides is 1. The predicted molar refractivity (Wildman–Crippen MR) is 113 cm³/mol. The highest BCUT2D eigenvalue weighted by Gasteiger charge is 2.22. The second-order valence-electron chi connectivity index (χ2n) is 6.30. The van der Waals surface area contributed by atoms with Gasteiger partial charge in [-0.15, -0.1) is 16.8 Å². The average Bonchev–Trinajstić information content (AvgIpc) is 3.24. The van der Waals surface area contributed by atoms with Crippen molar-refractivity contribution in [2.45, 2.75) is 37.7 Å². The zero-order valence-electron chi connectivity index (χ0n) is 15.9. The van der Waals surface area contributed by atoms with Crippen LogP contribution in [0.3, 0.4) is 0 Å². The predicted octanol–water partition coefficient (Wildman–Crippen LogP) is 5.11. The Morgan fingerprint density at radius 3 is 2.86 bits per heavy atom. The van der Waals surface area contributed by atoms with Crippen LogP contribution in [0.1, 0.15) is 18.2 Å². The summed E-state index contributed by atoms with van der Waals surface area (Å²) in [6, 6.07) is 7.26. The van der Waals surface area contributed by atoms with E-state index in [1.807, 2.05) is 37.5 Å². The Kier molecular flexibility index (Phi) is 6.26. The molecule has 8 heteroatoms. The molecule has 2 aromatic heterocycles. The highest BCUT2D eigenvalue weighted by Crippen LogP contribution is 2.30. The van der Waals surface area contributed by atoms with Crippen molar-refractivity contribution in [1.29, 1.82) is 0 Å². The molecule has 2 heterocycles. The number of nitrogens with zero attached hydrogens (tertiary/aromatic N) is 3. The van der Waals surface area contributed by atoms with Crippen molar-refractivity contribution < 1.29 is 9.21 Å². The second kappa shape index (κ2) is 8.67. The van der Waals surface area contributed by atoms with Gasteiger partial charge in [0.1, 0.15) is 5.76 Å². The van der Waals surface area contributed by atoms with Crippen LogP contribution in [0.25, 0.3) is 11.4 Å². The standard InChI is InChI=1S/C20H21ClN4O2S/c1-5-9-25-18(16-8-10-27-13(16)3)23-24-20(25)28-14(4)19(26)22-17-11-15(21)7-6-12(17)2/h5-8,10-11,14H,1,9H2,2-4H3,(H,22,26)/t14-/m0/s1. The Balaban J connectivity index is 1.80. The number of aromatic nitrogens is 3. The first-order valence-electron chi connectivity index (χ1n) is 8.73. The van der Waals surface area contributed by atoms with Crippen LogP contribution in [0.15, 0.2) is 52.8 Å². The second-order valence-corrected chi connectivity index (χ2v) is 8.05. The molecule has 0 radical (unpaired) electrons. The summed E-state index contributed by atoms with van der Waals surface area (Å²) in [7, 11) is 0. The number of benzene rings is 1.